The van der Waals surface area contributed by atoms with Crippen molar-refractivity contribution in [3.05, 3.63) is 35.0 Å². The minimum Gasteiger partial charge on any atom is -0.382 e. The number of aromatic nitrogens is 3. The van der Waals surface area contributed by atoms with Gasteiger partial charge < -0.3 is 15.8 Å². The number of thiazole rings is 1. The summed E-state index contributed by atoms with van der Waals surface area (Å²) in [5.74, 6) is 0.978. The van der Waals surface area contributed by atoms with Gasteiger partial charge in [0.15, 0.2) is 0 Å². The summed E-state index contributed by atoms with van der Waals surface area (Å²) in [4.78, 5) is 15.1. The van der Waals surface area contributed by atoms with Crippen molar-refractivity contribution < 1.29 is 4.74 Å². The topological polar surface area (TPSA) is 86.0 Å². The average molecular weight is 355 g/mol. The van der Waals surface area contributed by atoms with Gasteiger partial charge in [-0.3, -0.25) is 0 Å². The molecule has 0 saturated carbocycles. The standard InChI is InChI=1S/C18H21N5OS/c1-20-10-14-16(12-5-8-24-9-6-12)25-18(23-14)13-3-2-11-4-7-21-17(19)15(11)22-13/h2-4,7,12,20H,5-6,8-10H2,1H3,(H2,19,21). The van der Waals surface area contributed by atoms with Crippen molar-refractivity contribution in [1.29, 1.82) is 0 Å². The van der Waals surface area contributed by atoms with Crippen LogP contribution in [-0.2, 0) is 11.3 Å². The molecule has 1 aliphatic heterocycles. The molecule has 1 aliphatic rings. The van der Waals surface area contributed by atoms with Crippen LogP contribution in [0.25, 0.3) is 21.6 Å². The number of anilines is 1. The van der Waals surface area contributed by atoms with Crippen LogP contribution in [0.1, 0.15) is 29.3 Å². The molecule has 3 N–H and O–H groups in total. The first-order chi connectivity index (χ1) is 12.3. The van der Waals surface area contributed by atoms with Gasteiger partial charge in [-0.25, -0.2) is 15.0 Å². The van der Waals surface area contributed by atoms with Crippen LogP contribution in [0.3, 0.4) is 0 Å². The van der Waals surface area contributed by atoms with Crippen molar-refractivity contribution in [2.75, 3.05) is 26.0 Å². The number of hydrogen-bond donors (Lipinski definition) is 2. The molecule has 4 heterocycles. The lowest BCUT2D eigenvalue weighted by Crippen LogP contribution is -2.16. The largest absolute Gasteiger partial charge is 0.382 e. The molecule has 0 radical (unpaired) electrons. The van der Waals surface area contributed by atoms with E-state index in [4.69, 9.17) is 20.4 Å². The summed E-state index contributed by atoms with van der Waals surface area (Å²) in [6.45, 7) is 2.42. The van der Waals surface area contributed by atoms with Crippen LogP contribution in [0, 0.1) is 0 Å². The van der Waals surface area contributed by atoms with E-state index >= 15 is 0 Å². The highest BCUT2D eigenvalue weighted by molar-refractivity contribution is 7.15. The van der Waals surface area contributed by atoms with E-state index < -0.39 is 0 Å². The van der Waals surface area contributed by atoms with E-state index in [9.17, 15) is 0 Å². The third-order valence-corrected chi connectivity index (χ3v) is 5.80. The molecule has 25 heavy (non-hydrogen) atoms. The molecule has 0 aromatic carbocycles. The maximum atomic E-state index is 5.99. The minimum absolute atomic E-state index is 0.455. The lowest BCUT2D eigenvalue weighted by molar-refractivity contribution is 0.0858. The third-order valence-electron chi connectivity index (χ3n) is 4.52. The molecule has 3 aromatic heterocycles. The minimum atomic E-state index is 0.455. The summed E-state index contributed by atoms with van der Waals surface area (Å²) in [6, 6.07) is 5.96. The van der Waals surface area contributed by atoms with Gasteiger partial charge >= 0.3 is 0 Å². The monoisotopic (exact) mass is 355 g/mol. The smallest absolute Gasteiger partial charge is 0.149 e. The lowest BCUT2D eigenvalue weighted by atomic mass is 9.97. The number of nitrogens with one attached hydrogen (secondary N) is 1. The second kappa shape index (κ2) is 7.03. The third kappa shape index (κ3) is 3.22. The molecule has 0 bridgehead atoms. The number of rotatable bonds is 4. The van der Waals surface area contributed by atoms with Crippen molar-refractivity contribution in [2.24, 2.45) is 0 Å². The van der Waals surface area contributed by atoms with Crippen molar-refractivity contribution in [1.82, 2.24) is 20.3 Å². The van der Waals surface area contributed by atoms with Crippen LogP contribution < -0.4 is 11.1 Å². The Morgan fingerprint density at radius 3 is 2.88 bits per heavy atom. The van der Waals surface area contributed by atoms with Gasteiger partial charge in [0.2, 0.25) is 0 Å². The molecule has 0 atom stereocenters. The van der Waals surface area contributed by atoms with Gasteiger partial charge in [0, 0.05) is 36.2 Å². The molecule has 6 nitrogen and oxygen atoms in total. The van der Waals surface area contributed by atoms with E-state index in [1.165, 1.54) is 4.88 Å². The number of pyridine rings is 2. The van der Waals surface area contributed by atoms with E-state index in [2.05, 4.69) is 10.3 Å². The van der Waals surface area contributed by atoms with Crippen molar-refractivity contribution in [2.45, 2.75) is 25.3 Å². The van der Waals surface area contributed by atoms with Crippen molar-refractivity contribution in [3.63, 3.8) is 0 Å². The average Bonchev–Trinajstić information content (AvgIpc) is 3.07. The Balaban J connectivity index is 1.76. The summed E-state index contributed by atoms with van der Waals surface area (Å²) >= 11 is 1.74. The first-order valence-electron chi connectivity index (χ1n) is 8.50. The Morgan fingerprint density at radius 2 is 2.08 bits per heavy atom. The van der Waals surface area contributed by atoms with E-state index in [0.717, 1.165) is 59.9 Å². The number of nitrogens with zero attached hydrogens (tertiary/aromatic N) is 3. The number of nitrogen functional groups attached to an aromatic ring is 1. The van der Waals surface area contributed by atoms with Crippen molar-refractivity contribution in [3.8, 4) is 10.7 Å². The lowest BCUT2D eigenvalue weighted by Gasteiger charge is -2.21. The number of hydrogen-bond acceptors (Lipinski definition) is 7. The van der Waals surface area contributed by atoms with E-state index in [-0.39, 0.29) is 0 Å². The quantitative estimate of drug-likeness (QED) is 0.748. The van der Waals surface area contributed by atoms with Gasteiger partial charge in [-0.1, -0.05) is 6.07 Å². The van der Waals surface area contributed by atoms with Crippen LogP contribution in [0.4, 0.5) is 5.82 Å². The molecule has 0 aliphatic carbocycles. The molecule has 0 unspecified atom stereocenters. The number of nitrogens with two attached hydrogens (primary N) is 1. The van der Waals surface area contributed by atoms with Crippen LogP contribution in [-0.4, -0.2) is 35.2 Å². The molecule has 0 spiro atoms. The molecular weight excluding hydrogens is 334 g/mol. The summed E-state index contributed by atoms with van der Waals surface area (Å²) in [5.41, 5.74) is 8.70. The Hall–Kier alpha value is -2.09. The van der Waals surface area contributed by atoms with Crippen LogP contribution >= 0.6 is 11.3 Å². The number of ether oxygens (including phenoxy) is 1. The first kappa shape index (κ1) is 16.4. The Bertz CT molecular complexity index is 888. The highest BCUT2D eigenvalue weighted by Crippen LogP contribution is 2.37. The van der Waals surface area contributed by atoms with Crippen molar-refractivity contribution >= 4 is 28.1 Å². The molecular formula is C18H21N5OS. The van der Waals surface area contributed by atoms with Gasteiger partial charge in [0.1, 0.15) is 16.3 Å². The summed E-state index contributed by atoms with van der Waals surface area (Å²) in [6.07, 6.45) is 3.82. The predicted octanol–water partition coefficient (Wildman–Crippen LogP) is 2.95. The van der Waals surface area contributed by atoms with Gasteiger partial charge in [-0.15, -0.1) is 11.3 Å². The SMILES string of the molecule is CNCc1nc(-c2ccc3ccnc(N)c3n2)sc1C1CCOCC1. The highest BCUT2D eigenvalue weighted by Gasteiger charge is 2.23. The van der Waals surface area contributed by atoms with Gasteiger partial charge in [0.25, 0.3) is 0 Å². The fourth-order valence-electron chi connectivity index (χ4n) is 3.23. The van der Waals surface area contributed by atoms with Crippen LogP contribution in [0.2, 0.25) is 0 Å². The fourth-order valence-corrected chi connectivity index (χ4v) is 4.45. The van der Waals surface area contributed by atoms with E-state index in [1.807, 2.05) is 25.2 Å². The Morgan fingerprint density at radius 1 is 1.24 bits per heavy atom. The van der Waals surface area contributed by atoms with Gasteiger partial charge in [-0.05, 0) is 37.9 Å². The fraction of sp³-hybridized carbons (Fsp3) is 0.389. The molecule has 130 valence electrons. The maximum absolute atomic E-state index is 5.99. The predicted molar refractivity (Wildman–Crippen MR) is 101 cm³/mol. The zero-order valence-corrected chi connectivity index (χ0v) is 15.0. The Labute approximate surface area is 150 Å². The molecule has 0 amide bonds. The van der Waals surface area contributed by atoms with Crippen LogP contribution in [0.15, 0.2) is 24.4 Å². The van der Waals surface area contributed by atoms with E-state index in [0.29, 0.717) is 11.7 Å². The highest BCUT2D eigenvalue weighted by atomic mass is 32.1. The molecule has 1 fully saturated rings. The molecule has 3 aromatic rings. The second-order valence-corrected chi connectivity index (χ2v) is 7.24. The molecule has 4 rings (SSSR count). The molecule has 7 heteroatoms. The van der Waals surface area contributed by atoms with Gasteiger partial charge in [0.05, 0.1) is 11.4 Å². The van der Waals surface area contributed by atoms with E-state index in [1.54, 1.807) is 17.5 Å². The summed E-state index contributed by atoms with van der Waals surface area (Å²) < 4.78 is 5.51. The molecule has 1 saturated heterocycles. The zero-order valence-electron chi connectivity index (χ0n) is 14.2. The summed E-state index contributed by atoms with van der Waals surface area (Å²) in [7, 11) is 1.95. The normalized spacial score (nSPS) is 15.7. The summed E-state index contributed by atoms with van der Waals surface area (Å²) in [5, 5.41) is 5.16. The second-order valence-electron chi connectivity index (χ2n) is 6.21. The van der Waals surface area contributed by atoms with Gasteiger partial charge in [-0.2, -0.15) is 0 Å². The maximum Gasteiger partial charge on any atom is 0.149 e. The van der Waals surface area contributed by atoms with Crippen LogP contribution in [0.5, 0.6) is 0 Å². The first-order valence-corrected chi connectivity index (χ1v) is 9.31. The Kier molecular flexibility index (Phi) is 4.61. The number of fused-ring (bicyclic) bond motifs is 1. The zero-order chi connectivity index (χ0) is 17.2.